The Balaban J connectivity index is 2.55. The van der Waals surface area contributed by atoms with E-state index < -0.39 is 0 Å². The Labute approximate surface area is 144 Å². The number of halogens is 3. The molecule has 1 nitrogen and oxygen atoms in total. The number of aryl methyl sites for hydroxylation is 2. The van der Waals surface area contributed by atoms with Gasteiger partial charge in [-0.05, 0) is 60.8 Å². The Hall–Kier alpha value is -0.540. The maximum Gasteiger partial charge on any atom is 0.0594 e. The van der Waals surface area contributed by atoms with Gasteiger partial charge in [0.2, 0.25) is 0 Å². The minimum absolute atomic E-state index is 0.0616. The van der Waals surface area contributed by atoms with Crippen molar-refractivity contribution in [2.45, 2.75) is 26.8 Å². The van der Waals surface area contributed by atoms with Crippen LogP contribution in [0, 0.1) is 13.8 Å². The van der Waals surface area contributed by atoms with Gasteiger partial charge < -0.3 is 5.32 Å². The minimum atomic E-state index is 0.0616. The Kier molecular flexibility index (Phi) is 5.73. The summed E-state index contributed by atoms with van der Waals surface area (Å²) in [7, 11) is 0. The van der Waals surface area contributed by atoms with Crippen molar-refractivity contribution in [2.24, 2.45) is 0 Å². The number of nitrogens with one attached hydrogen (secondary N) is 1. The highest BCUT2D eigenvalue weighted by Gasteiger charge is 2.19. The van der Waals surface area contributed by atoms with Crippen molar-refractivity contribution >= 4 is 39.1 Å². The first kappa shape index (κ1) is 16.8. The van der Waals surface area contributed by atoms with Gasteiger partial charge in [-0.1, -0.05) is 58.2 Å². The first-order valence-corrected chi connectivity index (χ1v) is 8.44. The van der Waals surface area contributed by atoms with E-state index in [2.05, 4.69) is 47.2 Å². The lowest BCUT2D eigenvalue weighted by atomic mass is 9.93. The summed E-state index contributed by atoms with van der Waals surface area (Å²) in [5.41, 5.74) is 4.53. The molecular formula is C17H18BrCl2N. The topological polar surface area (TPSA) is 12.0 Å². The molecule has 1 atom stereocenters. The van der Waals surface area contributed by atoms with Crippen LogP contribution >= 0.6 is 39.1 Å². The van der Waals surface area contributed by atoms with Gasteiger partial charge in [0.05, 0.1) is 6.04 Å². The van der Waals surface area contributed by atoms with Gasteiger partial charge in [-0.25, -0.2) is 0 Å². The van der Waals surface area contributed by atoms with Crippen molar-refractivity contribution in [2.75, 3.05) is 6.54 Å². The Morgan fingerprint density at radius 2 is 1.71 bits per heavy atom. The molecule has 2 aromatic carbocycles. The molecule has 0 heterocycles. The fourth-order valence-electron chi connectivity index (χ4n) is 2.44. The molecule has 0 saturated heterocycles. The number of benzene rings is 2. The van der Waals surface area contributed by atoms with Gasteiger partial charge in [0.1, 0.15) is 0 Å². The van der Waals surface area contributed by atoms with E-state index in [0.29, 0.717) is 0 Å². The van der Waals surface area contributed by atoms with E-state index in [0.717, 1.165) is 37.8 Å². The highest BCUT2D eigenvalue weighted by Crippen LogP contribution is 2.33. The van der Waals surface area contributed by atoms with Crippen LogP contribution in [0.5, 0.6) is 0 Å². The molecule has 0 saturated carbocycles. The number of rotatable bonds is 4. The molecule has 0 aliphatic heterocycles. The van der Waals surface area contributed by atoms with Crippen LogP contribution in [-0.2, 0) is 0 Å². The molecule has 4 heteroatoms. The van der Waals surface area contributed by atoms with Crippen LogP contribution in [0.3, 0.4) is 0 Å². The average molecular weight is 387 g/mol. The zero-order valence-electron chi connectivity index (χ0n) is 12.3. The SMILES string of the molecule is CCNC(c1cc(C)c(Cl)cc1C)c1ccc(Br)cc1Cl. The fraction of sp³-hybridized carbons (Fsp3) is 0.294. The fourth-order valence-corrected chi connectivity index (χ4v) is 3.44. The van der Waals surface area contributed by atoms with Crippen molar-refractivity contribution in [1.82, 2.24) is 5.32 Å². The largest absolute Gasteiger partial charge is 0.306 e. The van der Waals surface area contributed by atoms with Crippen molar-refractivity contribution in [3.05, 3.63) is 67.1 Å². The Morgan fingerprint density at radius 1 is 1.00 bits per heavy atom. The molecule has 0 fully saturated rings. The molecule has 0 aliphatic carbocycles. The van der Waals surface area contributed by atoms with Gasteiger partial charge >= 0.3 is 0 Å². The maximum absolute atomic E-state index is 6.44. The predicted octanol–water partition coefficient (Wildman–Crippen LogP) is 6.07. The van der Waals surface area contributed by atoms with Gasteiger partial charge in [0.15, 0.2) is 0 Å². The molecule has 0 bridgehead atoms. The summed E-state index contributed by atoms with van der Waals surface area (Å²) in [6, 6.07) is 10.2. The second-order valence-corrected chi connectivity index (χ2v) is 6.84. The van der Waals surface area contributed by atoms with Crippen LogP contribution in [0.4, 0.5) is 0 Å². The van der Waals surface area contributed by atoms with Gasteiger partial charge in [0, 0.05) is 14.5 Å². The summed E-state index contributed by atoms with van der Waals surface area (Å²) in [5.74, 6) is 0. The van der Waals surface area contributed by atoms with Crippen LogP contribution in [0.1, 0.15) is 35.2 Å². The summed E-state index contributed by atoms with van der Waals surface area (Å²) in [6.45, 7) is 7.06. The third-order valence-corrected chi connectivity index (χ3v) is 4.77. The van der Waals surface area contributed by atoms with Crippen molar-refractivity contribution in [3.8, 4) is 0 Å². The van der Waals surface area contributed by atoms with E-state index in [1.807, 2.05) is 25.1 Å². The lowest BCUT2D eigenvalue weighted by molar-refractivity contribution is 0.627. The molecule has 0 radical (unpaired) electrons. The third-order valence-electron chi connectivity index (χ3n) is 3.54. The molecule has 1 N–H and O–H groups in total. The van der Waals surface area contributed by atoms with Crippen LogP contribution in [0.2, 0.25) is 10.0 Å². The standard InChI is InChI=1S/C17H18BrCl2N/c1-4-21-17(13-6-5-12(18)9-16(13)20)14-7-11(3)15(19)8-10(14)2/h5-9,17,21H,4H2,1-3H3. The van der Waals surface area contributed by atoms with E-state index in [1.165, 1.54) is 5.56 Å². The Bertz CT molecular complexity index is 655. The van der Waals surface area contributed by atoms with Crippen LogP contribution in [0.25, 0.3) is 0 Å². The van der Waals surface area contributed by atoms with Crippen molar-refractivity contribution in [1.29, 1.82) is 0 Å². The van der Waals surface area contributed by atoms with Gasteiger partial charge in [-0.2, -0.15) is 0 Å². The quantitative estimate of drug-likeness (QED) is 0.672. The number of hydrogen-bond donors (Lipinski definition) is 1. The minimum Gasteiger partial charge on any atom is -0.306 e. The van der Waals surface area contributed by atoms with Crippen molar-refractivity contribution in [3.63, 3.8) is 0 Å². The lowest BCUT2D eigenvalue weighted by Crippen LogP contribution is -2.23. The van der Waals surface area contributed by atoms with Crippen molar-refractivity contribution < 1.29 is 0 Å². The maximum atomic E-state index is 6.44. The second-order valence-electron chi connectivity index (χ2n) is 5.11. The normalized spacial score (nSPS) is 12.5. The molecule has 2 aromatic rings. The highest BCUT2D eigenvalue weighted by molar-refractivity contribution is 9.10. The number of hydrogen-bond acceptors (Lipinski definition) is 1. The first-order chi connectivity index (χ1) is 9.93. The Morgan fingerprint density at radius 3 is 2.33 bits per heavy atom. The van der Waals surface area contributed by atoms with E-state index in [4.69, 9.17) is 23.2 Å². The molecule has 0 amide bonds. The van der Waals surface area contributed by atoms with Crippen LogP contribution < -0.4 is 5.32 Å². The van der Waals surface area contributed by atoms with Gasteiger partial charge in [-0.15, -0.1) is 0 Å². The summed E-state index contributed by atoms with van der Waals surface area (Å²) < 4.78 is 0.982. The summed E-state index contributed by atoms with van der Waals surface area (Å²) in [5, 5.41) is 5.07. The summed E-state index contributed by atoms with van der Waals surface area (Å²) in [6.07, 6.45) is 0. The molecule has 0 aliphatic rings. The predicted molar refractivity (Wildman–Crippen MR) is 95.6 cm³/mol. The third kappa shape index (κ3) is 3.81. The van der Waals surface area contributed by atoms with E-state index >= 15 is 0 Å². The van der Waals surface area contributed by atoms with E-state index in [9.17, 15) is 0 Å². The molecule has 21 heavy (non-hydrogen) atoms. The molecule has 0 spiro atoms. The zero-order valence-corrected chi connectivity index (χ0v) is 15.4. The van der Waals surface area contributed by atoms with Crippen LogP contribution in [0.15, 0.2) is 34.8 Å². The van der Waals surface area contributed by atoms with Gasteiger partial charge in [-0.3, -0.25) is 0 Å². The second kappa shape index (κ2) is 7.15. The highest BCUT2D eigenvalue weighted by atomic mass is 79.9. The molecule has 2 rings (SSSR count). The van der Waals surface area contributed by atoms with E-state index in [1.54, 1.807) is 0 Å². The average Bonchev–Trinajstić information content (AvgIpc) is 2.41. The smallest absolute Gasteiger partial charge is 0.0594 e. The van der Waals surface area contributed by atoms with Crippen LogP contribution in [-0.4, -0.2) is 6.54 Å². The zero-order chi connectivity index (χ0) is 15.6. The molecule has 112 valence electrons. The monoisotopic (exact) mass is 385 g/mol. The molecule has 0 aromatic heterocycles. The lowest BCUT2D eigenvalue weighted by Gasteiger charge is -2.23. The van der Waals surface area contributed by atoms with E-state index in [-0.39, 0.29) is 6.04 Å². The summed E-state index contributed by atoms with van der Waals surface area (Å²) >= 11 is 16.1. The molecular weight excluding hydrogens is 369 g/mol. The van der Waals surface area contributed by atoms with Gasteiger partial charge in [0.25, 0.3) is 0 Å². The first-order valence-electron chi connectivity index (χ1n) is 6.89. The molecule has 1 unspecified atom stereocenters. The summed E-state index contributed by atoms with van der Waals surface area (Å²) in [4.78, 5) is 0.